The summed E-state index contributed by atoms with van der Waals surface area (Å²) in [6.07, 6.45) is 5.80. The van der Waals surface area contributed by atoms with Crippen LogP contribution in [0.25, 0.3) is 88.2 Å². The SMILES string of the molecule is CC1CC=Cc2c1c1ccccc1c1ccc(-n3c4ccccc4c4c5c(c6oc7ccccc7c6c43)C(C)(C)c3ccccc3-5)cc21. The molecule has 0 fully saturated rings. The van der Waals surface area contributed by atoms with Crippen LogP contribution in [0.2, 0.25) is 0 Å². The number of hydrogen-bond acceptors (Lipinski definition) is 1. The second-order valence-electron chi connectivity index (χ2n) is 14.4. The van der Waals surface area contributed by atoms with Gasteiger partial charge in [-0.15, -0.1) is 0 Å². The van der Waals surface area contributed by atoms with Crippen LogP contribution in [0.3, 0.4) is 0 Å². The summed E-state index contributed by atoms with van der Waals surface area (Å²) >= 11 is 0. The predicted molar refractivity (Wildman–Crippen MR) is 203 cm³/mol. The minimum Gasteiger partial charge on any atom is -0.456 e. The molecular formula is C46H33NO. The fourth-order valence-electron chi connectivity index (χ4n) is 9.53. The highest BCUT2D eigenvalue weighted by Gasteiger charge is 2.41. The van der Waals surface area contributed by atoms with Crippen molar-refractivity contribution in [2.45, 2.75) is 38.5 Å². The molecule has 1 unspecified atom stereocenters. The van der Waals surface area contributed by atoms with E-state index < -0.39 is 0 Å². The van der Waals surface area contributed by atoms with Crippen molar-refractivity contribution in [2.75, 3.05) is 0 Å². The zero-order chi connectivity index (χ0) is 31.9. The van der Waals surface area contributed by atoms with Crippen molar-refractivity contribution in [2.24, 2.45) is 0 Å². The predicted octanol–water partition coefficient (Wildman–Crippen LogP) is 12.8. The Morgan fingerprint density at radius 2 is 1.40 bits per heavy atom. The van der Waals surface area contributed by atoms with Gasteiger partial charge in [-0.05, 0) is 86.0 Å². The minimum atomic E-state index is -0.207. The molecule has 48 heavy (non-hydrogen) atoms. The molecule has 0 N–H and O–H groups in total. The Bertz CT molecular complexity index is 2910. The van der Waals surface area contributed by atoms with Gasteiger partial charge < -0.3 is 8.98 Å². The maximum Gasteiger partial charge on any atom is 0.142 e. The zero-order valence-electron chi connectivity index (χ0n) is 27.3. The second-order valence-corrected chi connectivity index (χ2v) is 14.4. The summed E-state index contributed by atoms with van der Waals surface area (Å²) in [6, 6.07) is 42.7. The Balaban J connectivity index is 1.37. The number of rotatable bonds is 1. The molecule has 2 nitrogen and oxygen atoms in total. The van der Waals surface area contributed by atoms with E-state index in [-0.39, 0.29) is 5.41 Å². The van der Waals surface area contributed by atoms with Gasteiger partial charge in [0.05, 0.1) is 16.4 Å². The highest BCUT2D eigenvalue weighted by Crippen LogP contribution is 2.58. The Labute approximate surface area is 278 Å². The van der Waals surface area contributed by atoms with E-state index in [1.165, 1.54) is 87.8 Å². The van der Waals surface area contributed by atoms with E-state index >= 15 is 0 Å². The van der Waals surface area contributed by atoms with Crippen molar-refractivity contribution in [3.8, 4) is 16.8 Å². The fraction of sp³-hybridized carbons (Fsp3) is 0.130. The van der Waals surface area contributed by atoms with Gasteiger partial charge in [-0.3, -0.25) is 0 Å². The van der Waals surface area contributed by atoms with Crippen molar-refractivity contribution in [3.05, 3.63) is 144 Å². The van der Waals surface area contributed by atoms with Crippen LogP contribution in [-0.2, 0) is 5.41 Å². The molecule has 0 saturated heterocycles. The number of aromatic nitrogens is 1. The molecule has 2 heteroatoms. The lowest BCUT2D eigenvalue weighted by Crippen LogP contribution is -2.15. The number of hydrogen-bond donors (Lipinski definition) is 0. The number of para-hydroxylation sites is 2. The van der Waals surface area contributed by atoms with Crippen LogP contribution in [0.4, 0.5) is 0 Å². The molecule has 0 saturated carbocycles. The molecule has 11 rings (SSSR count). The van der Waals surface area contributed by atoms with Crippen LogP contribution in [0.5, 0.6) is 0 Å². The zero-order valence-corrected chi connectivity index (χ0v) is 27.3. The first-order chi connectivity index (χ1) is 23.5. The lowest BCUT2D eigenvalue weighted by Gasteiger charge is -2.23. The van der Waals surface area contributed by atoms with Gasteiger partial charge in [0.2, 0.25) is 0 Å². The summed E-state index contributed by atoms with van der Waals surface area (Å²) in [6.45, 7) is 7.10. The maximum absolute atomic E-state index is 6.94. The summed E-state index contributed by atoms with van der Waals surface area (Å²) in [5.74, 6) is 0.471. The standard InChI is InChI=1S/C46H33NO/c1-26-13-12-19-31-35-25-27(23-24-29(35)28-14-4-5-15-30(28)39(26)31)47-37-21-10-7-17-33(37)41-40-32-16-6-9-20-36(32)46(2,3)43(40)45-42(44(41)47)34-18-8-11-22-38(34)48-45/h4-12,14-26H,13H2,1-3H3. The molecule has 0 bridgehead atoms. The highest BCUT2D eigenvalue weighted by molar-refractivity contribution is 6.31. The van der Waals surface area contributed by atoms with Gasteiger partial charge in [-0.2, -0.15) is 0 Å². The van der Waals surface area contributed by atoms with Crippen molar-refractivity contribution >= 4 is 71.4 Å². The quantitative estimate of drug-likeness (QED) is 0.168. The molecule has 1 atom stereocenters. The van der Waals surface area contributed by atoms with E-state index in [4.69, 9.17) is 4.42 Å². The molecule has 2 aromatic heterocycles. The van der Waals surface area contributed by atoms with Crippen molar-refractivity contribution in [1.29, 1.82) is 0 Å². The highest BCUT2D eigenvalue weighted by atomic mass is 16.3. The van der Waals surface area contributed by atoms with E-state index in [1.54, 1.807) is 0 Å². The van der Waals surface area contributed by atoms with Gasteiger partial charge in [0.1, 0.15) is 11.2 Å². The van der Waals surface area contributed by atoms with E-state index in [2.05, 4.69) is 153 Å². The molecule has 228 valence electrons. The summed E-state index contributed by atoms with van der Waals surface area (Å²) in [5, 5.41) is 10.3. The lowest BCUT2D eigenvalue weighted by molar-refractivity contribution is 0.620. The Hall–Kier alpha value is -5.60. The van der Waals surface area contributed by atoms with Gasteiger partial charge >= 0.3 is 0 Å². The average molecular weight is 616 g/mol. The van der Waals surface area contributed by atoms with Crippen LogP contribution in [0, 0.1) is 0 Å². The van der Waals surface area contributed by atoms with Crippen LogP contribution in [0.1, 0.15) is 55.4 Å². The second kappa shape index (κ2) is 9.05. The number of allylic oxidation sites excluding steroid dienone is 1. The Morgan fingerprint density at radius 3 is 2.27 bits per heavy atom. The third kappa shape index (κ3) is 3.14. The van der Waals surface area contributed by atoms with Gasteiger partial charge in [0.25, 0.3) is 0 Å². The van der Waals surface area contributed by atoms with Gasteiger partial charge in [-0.25, -0.2) is 0 Å². The van der Waals surface area contributed by atoms with Crippen molar-refractivity contribution in [3.63, 3.8) is 0 Å². The van der Waals surface area contributed by atoms with Crippen molar-refractivity contribution in [1.82, 2.24) is 4.57 Å². The normalized spacial score (nSPS) is 16.4. The summed E-state index contributed by atoms with van der Waals surface area (Å²) < 4.78 is 9.47. The topological polar surface area (TPSA) is 18.1 Å². The van der Waals surface area contributed by atoms with E-state index in [0.717, 1.165) is 23.0 Å². The first-order valence-electron chi connectivity index (χ1n) is 17.2. The lowest BCUT2D eigenvalue weighted by atomic mass is 9.81. The monoisotopic (exact) mass is 615 g/mol. The molecule has 0 aliphatic heterocycles. The Morgan fingerprint density at radius 1 is 0.688 bits per heavy atom. The molecule has 0 amide bonds. The third-order valence-electron chi connectivity index (χ3n) is 11.5. The smallest absolute Gasteiger partial charge is 0.142 e. The van der Waals surface area contributed by atoms with E-state index in [1.807, 2.05) is 0 Å². The molecule has 2 aliphatic rings. The summed E-state index contributed by atoms with van der Waals surface area (Å²) in [7, 11) is 0. The molecule has 2 aliphatic carbocycles. The van der Waals surface area contributed by atoms with E-state index in [0.29, 0.717) is 5.92 Å². The summed E-state index contributed by atoms with van der Waals surface area (Å²) in [4.78, 5) is 0. The van der Waals surface area contributed by atoms with Gasteiger partial charge in [0.15, 0.2) is 0 Å². The molecule has 2 heterocycles. The van der Waals surface area contributed by atoms with Crippen LogP contribution in [0.15, 0.2) is 126 Å². The van der Waals surface area contributed by atoms with Crippen LogP contribution in [-0.4, -0.2) is 4.57 Å². The van der Waals surface area contributed by atoms with Crippen LogP contribution >= 0.6 is 0 Å². The number of fused-ring (bicyclic) bond motifs is 18. The number of furan rings is 1. The first kappa shape index (κ1) is 26.5. The fourth-order valence-corrected chi connectivity index (χ4v) is 9.53. The third-order valence-corrected chi connectivity index (χ3v) is 11.5. The summed E-state index contributed by atoms with van der Waals surface area (Å²) in [5.41, 5.74) is 13.5. The van der Waals surface area contributed by atoms with E-state index in [9.17, 15) is 0 Å². The maximum atomic E-state index is 6.94. The molecule has 0 radical (unpaired) electrons. The van der Waals surface area contributed by atoms with Gasteiger partial charge in [-0.1, -0.05) is 124 Å². The Kier molecular flexibility index (Phi) is 4.99. The molecular weight excluding hydrogens is 583 g/mol. The largest absolute Gasteiger partial charge is 0.456 e. The molecule has 7 aromatic carbocycles. The first-order valence-corrected chi connectivity index (χ1v) is 17.2. The average Bonchev–Trinajstić information content (AvgIpc) is 3.74. The van der Waals surface area contributed by atoms with Crippen LogP contribution < -0.4 is 0 Å². The molecule has 0 spiro atoms. The van der Waals surface area contributed by atoms with Crippen molar-refractivity contribution < 1.29 is 4.42 Å². The number of nitrogens with zero attached hydrogens (tertiary/aromatic N) is 1. The number of benzene rings is 7. The molecule has 9 aromatic rings. The van der Waals surface area contributed by atoms with Gasteiger partial charge in [0, 0.05) is 32.8 Å². The minimum absolute atomic E-state index is 0.207.